The first-order chi connectivity index (χ1) is 17.9. The van der Waals surface area contributed by atoms with E-state index in [1.165, 1.54) is 10.9 Å². The quantitative estimate of drug-likeness (QED) is 0.401. The number of aromatic nitrogens is 1. The molecule has 10 nitrogen and oxygen atoms in total. The summed E-state index contributed by atoms with van der Waals surface area (Å²) in [6, 6.07) is 1.81. The molecule has 0 radical (unpaired) electrons. The highest BCUT2D eigenvalue weighted by molar-refractivity contribution is 7.93. The second-order valence-electron chi connectivity index (χ2n) is 11.0. The summed E-state index contributed by atoms with van der Waals surface area (Å²) in [5.74, 6) is -1.32. The van der Waals surface area contributed by atoms with Gasteiger partial charge in [0.25, 0.3) is 10.0 Å². The number of benzene rings is 1. The van der Waals surface area contributed by atoms with E-state index >= 15 is 4.39 Å². The fourth-order valence-corrected chi connectivity index (χ4v) is 6.34. The Labute approximate surface area is 237 Å². The number of anilines is 2. The Hall–Kier alpha value is -2.64. The van der Waals surface area contributed by atoms with Crippen LogP contribution >= 0.6 is 22.9 Å². The Morgan fingerprint density at radius 3 is 2.36 bits per heavy atom. The second-order valence-corrected chi connectivity index (χ2v) is 13.9. The van der Waals surface area contributed by atoms with Gasteiger partial charge in [-0.15, -0.1) is 15.6 Å². The third-order valence-electron chi connectivity index (χ3n) is 5.61. The van der Waals surface area contributed by atoms with Crippen molar-refractivity contribution in [2.75, 3.05) is 28.8 Å². The van der Waals surface area contributed by atoms with Crippen LogP contribution in [0.3, 0.4) is 0 Å². The number of amides is 2. The molecule has 0 spiro atoms. The first-order valence-corrected chi connectivity index (χ1v) is 15.1. The molecule has 0 bridgehead atoms. The van der Waals surface area contributed by atoms with E-state index in [2.05, 4.69) is 4.98 Å². The third kappa shape index (κ3) is 7.31. The average molecular weight is 605 g/mol. The van der Waals surface area contributed by atoms with Crippen LogP contribution < -0.4 is 9.21 Å². The van der Waals surface area contributed by atoms with Gasteiger partial charge in [0.1, 0.15) is 21.9 Å². The van der Waals surface area contributed by atoms with Crippen molar-refractivity contribution in [1.29, 1.82) is 0 Å². The van der Waals surface area contributed by atoms with Crippen molar-refractivity contribution < 1.29 is 31.9 Å². The fourth-order valence-electron chi connectivity index (χ4n) is 4.07. The number of thiazole rings is 1. The molecule has 1 saturated heterocycles. The number of carbonyl (C=O) groups is 2. The van der Waals surface area contributed by atoms with Gasteiger partial charge in [-0.05, 0) is 61.0 Å². The first kappa shape index (κ1) is 30.9. The number of hydrogen-bond donors (Lipinski definition) is 0. The van der Waals surface area contributed by atoms with Gasteiger partial charge in [0, 0.05) is 37.1 Å². The summed E-state index contributed by atoms with van der Waals surface area (Å²) in [7, 11) is -4.80. The Balaban J connectivity index is 1.94. The van der Waals surface area contributed by atoms with E-state index < -0.39 is 44.1 Å². The van der Waals surface area contributed by atoms with Gasteiger partial charge in [-0.1, -0.05) is 11.6 Å². The van der Waals surface area contributed by atoms with Crippen LogP contribution in [0.25, 0.3) is 0 Å². The maximum absolute atomic E-state index is 15.6. The molecule has 1 aromatic carbocycles. The van der Waals surface area contributed by atoms with Gasteiger partial charge in [0.15, 0.2) is 5.82 Å². The number of hydrogen-bond acceptors (Lipinski definition) is 9. The maximum Gasteiger partial charge on any atom is 0.430 e. The largest absolute Gasteiger partial charge is 0.444 e. The maximum atomic E-state index is 15.6. The Morgan fingerprint density at radius 1 is 1.18 bits per heavy atom. The molecule has 216 valence electrons. The zero-order chi connectivity index (χ0) is 29.3. The molecule has 3 rings (SSSR count). The summed E-state index contributed by atoms with van der Waals surface area (Å²) >= 11 is 7.60. The van der Waals surface area contributed by atoms with Crippen molar-refractivity contribution in [3.63, 3.8) is 0 Å². The van der Waals surface area contributed by atoms with Crippen molar-refractivity contribution in [3.8, 4) is 0 Å². The minimum Gasteiger partial charge on any atom is -0.444 e. The lowest BCUT2D eigenvalue weighted by Gasteiger charge is -2.31. The molecule has 1 aliphatic rings. The normalized spacial score (nSPS) is 16.2. The van der Waals surface area contributed by atoms with E-state index in [0.717, 1.165) is 23.5 Å². The summed E-state index contributed by atoms with van der Waals surface area (Å²) in [4.78, 5) is 32.0. The SMILES string of the molecule is CCN(c1cc(F)c(S(=O)(=O)N(C(=O)OC(C)(C)C)c2cscn2)cc1Cl)[C@H]1CCN(C(=O)OC(C)(C)C)C1. The molecule has 2 heterocycles. The van der Waals surface area contributed by atoms with Gasteiger partial charge < -0.3 is 19.3 Å². The van der Waals surface area contributed by atoms with E-state index in [4.69, 9.17) is 21.1 Å². The van der Waals surface area contributed by atoms with Crippen LogP contribution in [0.1, 0.15) is 54.9 Å². The summed E-state index contributed by atoms with van der Waals surface area (Å²) < 4.78 is 53.8. The molecular formula is C25H34ClFN4O6S2. The number of halogens is 2. The molecule has 0 saturated carbocycles. The highest BCUT2D eigenvalue weighted by atomic mass is 35.5. The minimum atomic E-state index is -4.80. The topological polar surface area (TPSA) is 109 Å². The van der Waals surface area contributed by atoms with E-state index in [1.54, 1.807) is 46.4 Å². The smallest absolute Gasteiger partial charge is 0.430 e. The fraction of sp³-hybridized carbons (Fsp3) is 0.560. The molecule has 0 N–H and O–H groups in total. The van der Waals surface area contributed by atoms with Crippen LogP contribution in [0.4, 0.5) is 25.5 Å². The highest BCUT2D eigenvalue weighted by Crippen LogP contribution is 2.36. The van der Waals surface area contributed by atoms with Crippen molar-refractivity contribution in [2.24, 2.45) is 0 Å². The van der Waals surface area contributed by atoms with E-state index in [9.17, 15) is 18.0 Å². The standard InChI is InChI=1S/C25H34ClFN4O6S2/c1-8-30(16-9-10-29(13-16)22(32)36-24(2,3)4)19-12-18(27)20(11-17(19)26)39(34,35)31(21-14-38-15-28-21)23(33)37-25(5,6)7/h11-12,14-16H,8-10,13H2,1-7H3/t16-/m0/s1. The van der Waals surface area contributed by atoms with Crippen molar-refractivity contribution in [3.05, 3.63) is 33.9 Å². The molecule has 0 aliphatic carbocycles. The minimum absolute atomic E-state index is 0.0324. The summed E-state index contributed by atoms with van der Waals surface area (Å²) in [5.41, 5.74) is -0.0457. The van der Waals surface area contributed by atoms with E-state index in [-0.39, 0.29) is 22.6 Å². The molecule has 2 amide bonds. The lowest BCUT2D eigenvalue weighted by molar-refractivity contribution is 0.0292. The van der Waals surface area contributed by atoms with Gasteiger partial charge in [-0.25, -0.2) is 27.4 Å². The molecule has 1 aromatic heterocycles. The monoisotopic (exact) mass is 604 g/mol. The Morgan fingerprint density at radius 2 is 1.82 bits per heavy atom. The van der Waals surface area contributed by atoms with Crippen LogP contribution in [0.5, 0.6) is 0 Å². The molecule has 2 aromatic rings. The van der Waals surface area contributed by atoms with Crippen LogP contribution in [0, 0.1) is 5.82 Å². The Bertz CT molecular complexity index is 1310. The number of carbonyl (C=O) groups excluding carboxylic acids is 2. The van der Waals surface area contributed by atoms with Gasteiger partial charge in [0.05, 0.1) is 16.2 Å². The van der Waals surface area contributed by atoms with Gasteiger partial charge in [-0.3, -0.25) is 0 Å². The predicted octanol–water partition coefficient (Wildman–Crippen LogP) is 5.90. The summed E-state index contributed by atoms with van der Waals surface area (Å²) in [6.07, 6.45) is -1.08. The number of rotatable bonds is 6. The van der Waals surface area contributed by atoms with Crippen LogP contribution in [-0.4, -0.2) is 67.4 Å². The van der Waals surface area contributed by atoms with Crippen molar-refractivity contribution in [1.82, 2.24) is 9.88 Å². The molecule has 14 heteroatoms. The predicted molar refractivity (Wildman–Crippen MR) is 149 cm³/mol. The molecular weight excluding hydrogens is 571 g/mol. The van der Waals surface area contributed by atoms with Crippen LogP contribution in [0.15, 0.2) is 27.9 Å². The number of ether oxygens (including phenoxy) is 2. The number of sulfonamides is 1. The molecule has 39 heavy (non-hydrogen) atoms. The first-order valence-electron chi connectivity index (χ1n) is 12.3. The van der Waals surface area contributed by atoms with E-state index in [1.807, 2.05) is 11.8 Å². The van der Waals surface area contributed by atoms with Gasteiger partial charge >= 0.3 is 12.2 Å². The van der Waals surface area contributed by atoms with E-state index in [0.29, 0.717) is 30.4 Å². The number of nitrogens with zero attached hydrogens (tertiary/aromatic N) is 4. The summed E-state index contributed by atoms with van der Waals surface area (Å²) in [6.45, 7) is 13.1. The van der Waals surface area contributed by atoms with Crippen LogP contribution in [-0.2, 0) is 19.5 Å². The van der Waals surface area contributed by atoms with Gasteiger partial charge in [-0.2, -0.15) is 0 Å². The summed E-state index contributed by atoms with van der Waals surface area (Å²) in [5, 5.41) is 1.31. The molecule has 1 atom stereocenters. The zero-order valence-electron chi connectivity index (χ0n) is 23.0. The molecule has 1 aliphatic heterocycles. The van der Waals surface area contributed by atoms with Gasteiger partial charge in [0.2, 0.25) is 0 Å². The number of likely N-dealkylation sites (N-methyl/N-ethyl adjacent to an activating group) is 1. The van der Waals surface area contributed by atoms with Crippen LogP contribution in [0.2, 0.25) is 5.02 Å². The third-order valence-corrected chi connectivity index (χ3v) is 8.17. The lowest BCUT2D eigenvalue weighted by atomic mass is 10.2. The highest BCUT2D eigenvalue weighted by Gasteiger charge is 2.39. The average Bonchev–Trinajstić information content (AvgIpc) is 3.46. The van der Waals surface area contributed by atoms with Crippen molar-refractivity contribution >= 4 is 56.7 Å². The molecule has 0 unspecified atom stereocenters. The lowest BCUT2D eigenvalue weighted by Crippen LogP contribution is -2.42. The zero-order valence-corrected chi connectivity index (χ0v) is 25.4. The molecule has 1 fully saturated rings. The second kappa shape index (κ2) is 11.5. The Kier molecular flexibility index (Phi) is 9.08. The number of likely N-dealkylation sites (tertiary alicyclic amines) is 1. The van der Waals surface area contributed by atoms with Crippen molar-refractivity contribution in [2.45, 2.75) is 77.0 Å².